The fraction of sp³-hybridized carbons (Fsp3) is 1.00. The predicted molar refractivity (Wildman–Crippen MR) is 120 cm³/mol. The van der Waals surface area contributed by atoms with E-state index < -0.39 is 22.7 Å². The monoisotopic (exact) mass is 462 g/mol. The van der Waals surface area contributed by atoms with Gasteiger partial charge >= 0.3 is 0 Å². The Balaban J connectivity index is -0.000000276. The van der Waals surface area contributed by atoms with Gasteiger partial charge in [-0.15, -0.1) is 0 Å². The molecule has 0 saturated carbocycles. The summed E-state index contributed by atoms with van der Waals surface area (Å²) in [6.45, 7) is 0. The Morgan fingerprint density at radius 2 is 0.417 bits per heavy atom. The highest BCUT2D eigenvalue weighted by molar-refractivity contribution is 7.80. The van der Waals surface area contributed by atoms with E-state index in [-0.39, 0.29) is 0 Å². The average molecular weight is 464 g/mol. The molecule has 0 rings (SSSR count). The van der Waals surface area contributed by atoms with Gasteiger partial charge in [0, 0.05) is 0 Å². The van der Waals surface area contributed by atoms with Crippen molar-refractivity contribution in [3.63, 3.8) is 0 Å². The second kappa shape index (κ2) is 17.0. The Labute approximate surface area is 168 Å². The lowest BCUT2D eigenvalue weighted by molar-refractivity contribution is 0.590. The van der Waals surface area contributed by atoms with Gasteiger partial charge in [-0.05, 0) is 84.6 Å². The molecule has 0 bridgehead atoms. The van der Waals surface area contributed by atoms with Crippen LogP contribution in [0.4, 0.5) is 0 Å². The minimum atomic E-state index is -0.560. The third-order valence-corrected chi connectivity index (χ3v) is 11.4. The van der Waals surface area contributed by atoms with Crippen LogP contribution in [-0.2, 0) is 0 Å². The molecule has 0 unspecified atom stereocenters. The van der Waals surface area contributed by atoms with Crippen molar-refractivity contribution in [3.8, 4) is 0 Å². The molecule has 0 spiro atoms. The Morgan fingerprint density at radius 1 is 0.333 bits per heavy atom. The first-order chi connectivity index (χ1) is 10.7. The van der Waals surface area contributed by atoms with Crippen LogP contribution in [0.5, 0.6) is 0 Å². The van der Waals surface area contributed by atoms with Gasteiger partial charge in [0.25, 0.3) is 0 Å². The summed E-state index contributed by atoms with van der Waals surface area (Å²) in [7, 11) is 22.0. The van der Waals surface area contributed by atoms with Crippen LogP contribution >= 0.6 is 56.4 Å². The lowest BCUT2D eigenvalue weighted by Gasteiger charge is -2.22. The molecule has 0 atom stereocenters. The third-order valence-electron chi connectivity index (χ3n) is 1.98. The van der Waals surface area contributed by atoms with Gasteiger partial charge in [-0.25, -0.2) is 0 Å². The van der Waals surface area contributed by atoms with Gasteiger partial charge in [0.2, 0.25) is 0 Å². The normalized spacial score (nSPS) is 12.0. The summed E-state index contributed by atoms with van der Waals surface area (Å²) in [5, 5.41) is 0. The van der Waals surface area contributed by atoms with Crippen LogP contribution in [0.25, 0.3) is 0 Å². The zero-order valence-electron chi connectivity index (χ0n) is 17.2. The molecule has 0 N–H and O–H groups in total. The summed E-state index contributed by atoms with van der Waals surface area (Å²) >= 11 is 17.6. The summed E-state index contributed by atoms with van der Waals surface area (Å²) in [4.78, 5) is 0. The molecule has 0 aliphatic rings. The molecule has 12 heteroatoms. The second-order valence-electron chi connectivity index (χ2n) is 5.81. The van der Waals surface area contributed by atoms with Gasteiger partial charge in [-0.3, -0.25) is 28.0 Å². The smallest absolute Gasteiger partial charge is 0.139 e. The number of hydrogen-bond acceptors (Lipinski definition) is 6. The van der Waals surface area contributed by atoms with E-state index in [0.29, 0.717) is 0 Å². The molecule has 0 aromatic heterocycles. The van der Waals surface area contributed by atoms with Crippen molar-refractivity contribution in [3.05, 3.63) is 0 Å². The molecule has 0 aliphatic heterocycles. The van der Waals surface area contributed by atoms with E-state index in [2.05, 4.69) is 0 Å². The molecule has 150 valence electrons. The summed E-state index contributed by atoms with van der Waals surface area (Å²) in [5.41, 5.74) is 0. The van der Waals surface area contributed by atoms with Crippen LogP contribution in [0.1, 0.15) is 0 Å². The molecular formula is C12H36Cl3N6P3. The zero-order chi connectivity index (χ0) is 20.2. The maximum atomic E-state index is 5.87. The average Bonchev–Trinajstić information content (AvgIpc) is 2.45. The largest absolute Gasteiger partial charge is 0.264 e. The molecule has 0 radical (unpaired) electrons. The van der Waals surface area contributed by atoms with Gasteiger partial charge in [-0.1, -0.05) is 33.7 Å². The van der Waals surface area contributed by atoms with Gasteiger partial charge in [0.1, 0.15) is 22.7 Å². The topological polar surface area (TPSA) is 19.4 Å². The van der Waals surface area contributed by atoms with Crippen molar-refractivity contribution in [2.45, 2.75) is 0 Å². The summed E-state index contributed by atoms with van der Waals surface area (Å²) in [6.07, 6.45) is 0. The second-order valence-corrected chi connectivity index (χ2v) is 14.8. The van der Waals surface area contributed by atoms with Crippen LogP contribution in [-0.4, -0.2) is 113 Å². The molecule has 24 heavy (non-hydrogen) atoms. The maximum Gasteiger partial charge on any atom is 0.139 e. The Hall–Kier alpha value is 1.92. The lowest BCUT2D eigenvalue weighted by atomic mass is 11.3. The summed E-state index contributed by atoms with van der Waals surface area (Å²) in [6, 6.07) is 0. The van der Waals surface area contributed by atoms with Gasteiger partial charge in [-0.2, -0.15) is 0 Å². The predicted octanol–water partition coefficient (Wildman–Crippen LogP) is 4.73. The first-order valence-corrected chi connectivity index (χ1v) is 13.5. The van der Waals surface area contributed by atoms with E-state index in [1.807, 2.05) is 113 Å². The molecule has 0 aromatic rings. The quantitative estimate of drug-likeness (QED) is 0.527. The maximum absolute atomic E-state index is 5.87. The highest BCUT2D eigenvalue weighted by atomic mass is 35.7. The van der Waals surface area contributed by atoms with E-state index in [9.17, 15) is 0 Å². The lowest BCUT2D eigenvalue weighted by Crippen LogP contribution is -2.12. The van der Waals surface area contributed by atoms with E-state index >= 15 is 0 Å². The minimum absolute atomic E-state index is 0.560. The zero-order valence-corrected chi connectivity index (χ0v) is 22.1. The molecule has 0 saturated heterocycles. The molecular weight excluding hydrogens is 427 g/mol. The number of hydrogen-bond donors (Lipinski definition) is 0. The first kappa shape index (κ1) is 30.6. The highest BCUT2D eigenvalue weighted by Gasteiger charge is 2.09. The first-order valence-electron chi connectivity index (χ1n) is 7.07. The summed E-state index contributed by atoms with van der Waals surface area (Å²) < 4.78 is 12.0. The number of rotatable bonds is 6. The van der Waals surface area contributed by atoms with Gasteiger partial charge < -0.3 is 0 Å². The Kier molecular flexibility index (Phi) is 21.8. The van der Waals surface area contributed by atoms with E-state index in [1.165, 1.54) is 0 Å². The Bertz CT molecular complexity index is 220. The van der Waals surface area contributed by atoms with E-state index in [1.54, 1.807) is 0 Å². The van der Waals surface area contributed by atoms with Crippen molar-refractivity contribution in [2.75, 3.05) is 84.6 Å². The van der Waals surface area contributed by atoms with Crippen LogP contribution in [0, 0.1) is 0 Å². The molecule has 0 amide bonds. The molecule has 0 aliphatic carbocycles. The van der Waals surface area contributed by atoms with Crippen molar-refractivity contribution in [1.29, 1.82) is 0 Å². The van der Waals surface area contributed by atoms with Crippen LogP contribution in [0.2, 0.25) is 0 Å². The Morgan fingerprint density at radius 3 is 0.417 bits per heavy atom. The minimum Gasteiger partial charge on any atom is -0.264 e. The van der Waals surface area contributed by atoms with E-state index in [0.717, 1.165) is 0 Å². The highest BCUT2D eigenvalue weighted by Crippen LogP contribution is 2.45. The van der Waals surface area contributed by atoms with Crippen LogP contribution in [0.15, 0.2) is 0 Å². The molecule has 0 heterocycles. The van der Waals surface area contributed by atoms with Crippen molar-refractivity contribution < 1.29 is 0 Å². The molecule has 0 fully saturated rings. The standard InChI is InChI=1S/3C4H12ClN2P/c3*1-6(2)8(5)7(3)4/h3*1-4H3. The SMILES string of the molecule is CN(C)P(Cl)N(C)C.CN(C)P(Cl)N(C)C.CN(C)P(Cl)N(C)C. The fourth-order valence-electron chi connectivity index (χ4n) is 1.07. The summed E-state index contributed by atoms with van der Waals surface area (Å²) in [5.74, 6) is 0. The van der Waals surface area contributed by atoms with Crippen molar-refractivity contribution in [2.24, 2.45) is 0 Å². The number of halogens is 3. The third kappa shape index (κ3) is 18.7. The van der Waals surface area contributed by atoms with Crippen LogP contribution in [0.3, 0.4) is 0 Å². The molecule has 0 aromatic carbocycles. The molecule has 6 nitrogen and oxygen atoms in total. The number of nitrogens with zero attached hydrogens (tertiary/aromatic N) is 6. The van der Waals surface area contributed by atoms with Crippen LogP contribution < -0.4 is 0 Å². The van der Waals surface area contributed by atoms with Gasteiger partial charge in [0.05, 0.1) is 0 Å². The van der Waals surface area contributed by atoms with Gasteiger partial charge in [0.15, 0.2) is 0 Å². The fourth-order valence-corrected chi connectivity index (χ4v) is 3.22. The van der Waals surface area contributed by atoms with Crippen molar-refractivity contribution in [1.82, 2.24) is 28.0 Å². The van der Waals surface area contributed by atoms with Crippen molar-refractivity contribution >= 4 is 56.4 Å². The van der Waals surface area contributed by atoms with E-state index in [4.69, 9.17) is 33.7 Å².